The van der Waals surface area contributed by atoms with Gasteiger partial charge >= 0.3 is 0 Å². The zero-order valence-electron chi connectivity index (χ0n) is 11.9. The van der Waals surface area contributed by atoms with Crippen molar-refractivity contribution >= 4 is 0 Å². The average molecular weight is 258 g/mol. The molecule has 1 unspecified atom stereocenters. The third-order valence-corrected chi connectivity index (χ3v) is 3.17. The quantitative estimate of drug-likeness (QED) is 0.866. The summed E-state index contributed by atoms with van der Waals surface area (Å²) in [5.74, 6) is 0. The summed E-state index contributed by atoms with van der Waals surface area (Å²) in [5.41, 5.74) is 3.58. The molecule has 0 bridgehead atoms. The molecule has 2 rings (SSSR count). The Morgan fingerprint density at radius 1 is 1.32 bits per heavy atom. The first-order valence-corrected chi connectivity index (χ1v) is 6.92. The fourth-order valence-corrected chi connectivity index (χ4v) is 2.27. The highest BCUT2D eigenvalue weighted by Crippen LogP contribution is 2.22. The number of aryl methyl sites for hydroxylation is 2. The van der Waals surface area contributed by atoms with Gasteiger partial charge in [-0.3, -0.25) is 9.67 Å². The predicted molar refractivity (Wildman–Crippen MR) is 77.0 cm³/mol. The molecule has 1 atom stereocenters. The largest absolute Gasteiger partial charge is 0.305 e. The molecule has 0 radical (unpaired) electrons. The molecule has 0 fully saturated rings. The van der Waals surface area contributed by atoms with Gasteiger partial charge in [-0.25, -0.2) is 0 Å². The minimum Gasteiger partial charge on any atom is -0.305 e. The van der Waals surface area contributed by atoms with Crippen molar-refractivity contribution in [2.45, 2.75) is 39.8 Å². The van der Waals surface area contributed by atoms with E-state index in [1.165, 1.54) is 16.8 Å². The lowest BCUT2D eigenvalue weighted by atomic mass is 10.0. The molecule has 0 saturated carbocycles. The first-order valence-electron chi connectivity index (χ1n) is 6.92. The number of pyridine rings is 1. The molecule has 19 heavy (non-hydrogen) atoms. The van der Waals surface area contributed by atoms with E-state index in [4.69, 9.17) is 0 Å². The van der Waals surface area contributed by atoms with Gasteiger partial charge in [0.25, 0.3) is 0 Å². The Labute approximate surface area is 114 Å². The molecule has 4 heteroatoms. The van der Waals surface area contributed by atoms with Crippen LogP contribution in [0.15, 0.2) is 30.7 Å². The summed E-state index contributed by atoms with van der Waals surface area (Å²) in [7, 11) is 0. The lowest BCUT2D eigenvalue weighted by Gasteiger charge is -2.20. The van der Waals surface area contributed by atoms with Crippen molar-refractivity contribution in [3.63, 3.8) is 0 Å². The Balaban J connectivity index is 2.35. The molecule has 0 aliphatic carbocycles. The molecule has 1 N–H and O–H groups in total. The summed E-state index contributed by atoms with van der Waals surface area (Å²) < 4.78 is 2.04. The predicted octanol–water partition coefficient (Wildman–Crippen LogP) is 2.70. The molecule has 2 heterocycles. The number of hydrogen-bond donors (Lipinski definition) is 1. The van der Waals surface area contributed by atoms with Gasteiger partial charge in [-0.1, -0.05) is 13.0 Å². The monoisotopic (exact) mass is 258 g/mol. The number of aromatic nitrogens is 3. The molecule has 0 saturated heterocycles. The Morgan fingerprint density at radius 3 is 2.84 bits per heavy atom. The number of nitrogens with zero attached hydrogens (tertiary/aromatic N) is 3. The van der Waals surface area contributed by atoms with Crippen LogP contribution in [0.5, 0.6) is 0 Å². The molecule has 102 valence electrons. The van der Waals surface area contributed by atoms with Crippen molar-refractivity contribution in [1.29, 1.82) is 0 Å². The summed E-state index contributed by atoms with van der Waals surface area (Å²) in [6.45, 7) is 8.22. The van der Waals surface area contributed by atoms with Crippen LogP contribution in [0.3, 0.4) is 0 Å². The molecule has 0 amide bonds. The summed E-state index contributed by atoms with van der Waals surface area (Å²) in [6.07, 6.45) is 6.80. The molecular formula is C15H22N4. The lowest BCUT2D eigenvalue weighted by Crippen LogP contribution is -2.26. The maximum Gasteiger partial charge on any atom is 0.0763 e. The van der Waals surface area contributed by atoms with Gasteiger partial charge in [0.05, 0.1) is 11.7 Å². The summed E-state index contributed by atoms with van der Waals surface area (Å²) in [5, 5.41) is 7.96. The zero-order chi connectivity index (χ0) is 13.7. The molecule has 0 spiro atoms. The van der Waals surface area contributed by atoms with E-state index in [-0.39, 0.29) is 6.04 Å². The number of nitrogens with one attached hydrogen (secondary N) is 1. The van der Waals surface area contributed by atoms with Crippen LogP contribution >= 0.6 is 0 Å². The Hall–Kier alpha value is -1.68. The molecule has 0 aliphatic rings. The van der Waals surface area contributed by atoms with Gasteiger partial charge in [-0.15, -0.1) is 0 Å². The van der Waals surface area contributed by atoms with Crippen molar-refractivity contribution in [2.75, 3.05) is 6.54 Å². The van der Waals surface area contributed by atoms with Gasteiger partial charge < -0.3 is 5.32 Å². The smallest absolute Gasteiger partial charge is 0.0763 e. The standard InChI is InChI=1S/C15H22N4/c1-4-7-17-15(13-9-12(3)10-16-11-13)14-6-8-18-19(14)5-2/h6,8-11,15,17H,4-5,7H2,1-3H3. The second kappa shape index (κ2) is 6.48. The normalized spacial score (nSPS) is 12.6. The second-order valence-electron chi connectivity index (χ2n) is 4.75. The van der Waals surface area contributed by atoms with Crippen LogP contribution in [0.4, 0.5) is 0 Å². The Kier molecular flexibility index (Phi) is 4.68. The Bertz CT molecular complexity index is 518. The highest BCUT2D eigenvalue weighted by atomic mass is 15.3. The molecule has 4 nitrogen and oxygen atoms in total. The van der Waals surface area contributed by atoms with Crippen LogP contribution in [0.2, 0.25) is 0 Å². The third kappa shape index (κ3) is 3.20. The van der Waals surface area contributed by atoms with E-state index in [0.717, 1.165) is 19.5 Å². The molecule has 0 aliphatic heterocycles. The van der Waals surface area contributed by atoms with E-state index in [1.54, 1.807) is 0 Å². The zero-order valence-corrected chi connectivity index (χ0v) is 11.9. The van der Waals surface area contributed by atoms with Gasteiger partial charge in [0.15, 0.2) is 0 Å². The summed E-state index contributed by atoms with van der Waals surface area (Å²) >= 11 is 0. The molecule has 2 aromatic rings. The molecular weight excluding hydrogens is 236 g/mol. The van der Waals surface area contributed by atoms with Crippen LogP contribution in [-0.4, -0.2) is 21.3 Å². The third-order valence-electron chi connectivity index (χ3n) is 3.17. The maximum atomic E-state index is 4.37. The van der Waals surface area contributed by atoms with E-state index in [2.05, 4.69) is 48.3 Å². The fourth-order valence-electron chi connectivity index (χ4n) is 2.27. The van der Waals surface area contributed by atoms with Crippen LogP contribution < -0.4 is 5.32 Å². The highest BCUT2D eigenvalue weighted by Gasteiger charge is 2.17. The van der Waals surface area contributed by atoms with Crippen LogP contribution in [-0.2, 0) is 6.54 Å². The average Bonchev–Trinajstić information content (AvgIpc) is 2.88. The van der Waals surface area contributed by atoms with Crippen molar-refractivity contribution in [3.05, 3.63) is 47.5 Å². The lowest BCUT2D eigenvalue weighted by molar-refractivity contribution is 0.528. The molecule has 0 aromatic carbocycles. The molecule has 2 aromatic heterocycles. The second-order valence-corrected chi connectivity index (χ2v) is 4.75. The first-order chi connectivity index (χ1) is 9.26. The van der Waals surface area contributed by atoms with E-state index < -0.39 is 0 Å². The van der Waals surface area contributed by atoms with Crippen molar-refractivity contribution in [1.82, 2.24) is 20.1 Å². The fraction of sp³-hybridized carbons (Fsp3) is 0.467. The maximum absolute atomic E-state index is 4.37. The van der Waals surface area contributed by atoms with Gasteiger partial charge in [-0.2, -0.15) is 5.10 Å². The van der Waals surface area contributed by atoms with Crippen molar-refractivity contribution < 1.29 is 0 Å². The summed E-state index contributed by atoms with van der Waals surface area (Å²) in [4.78, 5) is 4.31. The van der Waals surface area contributed by atoms with E-state index in [9.17, 15) is 0 Å². The van der Waals surface area contributed by atoms with Crippen LogP contribution in [0.1, 0.15) is 43.1 Å². The topological polar surface area (TPSA) is 42.7 Å². The summed E-state index contributed by atoms with van der Waals surface area (Å²) in [6, 6.07) is 4.43. The SMILES string of the molecule is CCCNC(c1cncc(C)c1)c1ccnn1CC. The van der Waals surface area contributed by atoms with Gasteiger partial charge in [0.1, 0.15) is 0 Å². The highest BCUT2D eigenvalue weighted by molar-refractivity contribution is 5.28. The van der Waals surface area contributed by atoms with Gasteiger partial charge in [0.2, 0.25) is 0 Å². The Morgan fingerprint density at radius 2 is 2.16 bits per heavy atom. The minimum absolute atomic E-state index is 0.162. The van der Waals surface area contributed by atoms with Crippen LogP contribution in [0.25, 0.3) is 0 Å². The van der Waals surface area contributed by atoms with Gasteiger partial charge in [0, 0.05) is 25.1 Å². The minimum atomic E-state index is 0.162. The van der Waals surface area contributed by atoms with E-state index in [0.29, 0.717) is 0 Å². The van der Waals surface area contributed by atoms with Crippen molar-refractivity contribution in [3.8, 4) is 0 Å². The van der Waals surface area contributed by atoms with E-state index in [1.807, 2.05) is 23.3 Å². The first kappa shape index (κ1) is 13.7. The van der Waals surface area contributed by atoms with Crippen LogP contribution in [0, 0.1) is 6.92 Å². The van der Waals surface area contributed by atoms with Crippen molar-refractivity contribution in [2.24, 2.45) is 0 Å². The van der Waals surface area contributed by atoms with Gasteiger partial charge in [-0.05, 0) is 44.0 Å². The number of rotatable bonds is 6. The number of hydrogen-bond acceptors (Lipinski definition) is 3. The van der Waals surface area contributed by atoms with E-state index >= 15 is 0 Å².